The molecule has 4 atom stereocenters. The van der Waals surface area contributed by atoms with Gasteiger partial charge in [-0.15, -0.1) is 0 Å². The van der Waals surface area contributed by atoms with E-state index in [1.54, 1.807) is 0 Å². The highest BCUT2D eigenvalue weighted by molar-refractivity contribution is 5.93. The average Bonchev–Trinajstić information content (AvgIpc) is 2.65. The third-order valence-corrected chi connectivity index (χ3v) is 5.92. The van der Waals surface area contributed by atoms with Crippen molar-refractivity contribution in [2.45, 2.75) is 46.0 Å². The first-order valence-corrected chi connectivity index (χ1v) is 10.5. The summed E-state index contributed by atoms with van der Waals surface area (Å²) < 4.78 is 0. The van der Waals surface area contributed by atoms with Crippen molar-refractivity contribution in [2.75, 3.05) is 31.5 Å². The van der Waals surface area contributed by atoms with Gasteiger partial charge in [-0.2, -0.15) is 0 Å². The first-order chi connectivity index (χ1) is 12.6. The minimum absolute atomic E-state index is 0.685. The van der Waals surface area contributed by atoms with Crippen LogP contribution < -0.4 is 11.1 Å². The highest BCUT2D eigenvalue weighted by Gasteiger charge is 2.25. The average molecular weight is 357 g/mol. The van der Waals surface area contributed by atoms with E-state index in [1.807, 2.05) is 0 Å². The van der Waals surface area contributed by atoms with E-state index in [-0.39, 0.29) is 0 Å². The van der Waals surface area contributed by atoms with Crippen molar-refractivity contribution in [1.29, 1.82) is 0 Å². The van der Waals surface area contributed by atoms with Gasteiger partial charge in [0.25, 0.3) is 0 Å². The summed E-state index contributed by atoms with van der Waals surface area (Å²) in [6, 6.07) is 10.5. The van der Waals surface area contributed by atoms with Gasteiger partial charge in [0.15, 0.2) is 5.96 Å². The van der Waals surface area contributed by atoms with E-state index in [0.29, 0.717) is 11.8 Å². The monoisotopic (exact) mass is 356 g/mol. The molecule has 1 aliphatic carbocycles. The van der Waals surface area contributed by atoms with Crippen LogP contribution in [0.15, 0.2) is 35.3 Å². The lowest BCUT2D eigenvalue weighted by atomic mass is 9.81. The van der Waals surface area contributed by atoms with Crippen LogP contribution in [0.25, 0.3) is 0 Å². The van der Waals surface area contributed by atoms with Crippen molar-refractivity contribution in [3.05, 3.63) is 30.3 Å². The number of aliphatic imine (C=N–C) groups is 1. The molecule has 26 heavy (non-hydrogen) atoms. The maximum Gasteiger partial charge on any atom is 0.198 e. The predicted molar refractivity (Wildman–Crippen MR) is 111 cm³/mol. The molecule has 1 saturated carbocycles. The molecule has 1 heterocycles. The zero-order chi connectivity index (χ0) is 18.4. The van der Waals surface area contributed by atoms with Gasteiger partial charge >= 0.3 is 0 Å². The Bertz CT molecular complexity index is 561. The fourth-order valence-electron chi connectivity index (χ4n) is 4.70. The molecule has 1 aromatic rings. The number of para-hydroxylation sites is 1. The molecule has 4 unspecified atom stereocenters. The Labute approximate surface area is 159 Å². The summed E-state index contributed by atoms with van der Waals surface area (Å²) in [5.74, 6) is 3.88. The second-order valence-electron chi connectivity index (χ2n) is 8.64. The van der Waals surface area contributed by atoms with E-state index in [1.165, 1.54) is 32.1 Å². The largest absolute Gasteiger partial charge is 0.342 e. The Morgan fingerprint density at radius 1 is 1.08 bits per heavy atom. The van der Waals surface area contributed by atoms with E-state index < -0.39 is 0 Å². The quantitative estimate of drug-likeness (QED) is 0.628. The van der Waals surface area contributed by atoms with Crippen LogP contribution in [-0.4, -0.2) is 37.0 Å². The van der Waals surface area contributed by atoms with E-state index >= 15 is 0 Å². The first kappa shape index (κ1) is 19.2. The smallest absolute Gasteiger partial charge is 0.198 e. The van der Waals surface area contributed by atoms with Crippen LogP contribution in [0.1, 0.15) is 46.0 Å². The lowest BCUT2D eigenvalue weighted by Gasteiger charge is -2.37. The summed E-state index contributed by atoms with van der Waals surface area (Å²) in [6.07, 6.45) is 6.46. The third kappa shape index (κ3) is 5.47. The summed E-state index contributed by atoms with van der Waals surface area (Å²) >= 11 is 0. The molecule has 3 rings (SSSR count). The fraction of sp³-hybridized carbons (Fsp3) is 0.682. The summed E-state index contributed by atoms with van der Waals surface area (Å²) in [5, 5.41) is 3.61. The molecule has 1 aromatic carbocycles. The Balaban J connectivity index is 1.71. The van der Waals surface area contributed by atoms with Gasteiger partial charge in [-0.3, -0.25) is 4.99 Å². The minimum Gasteiger partial charge on any atom is -0.342 e. The third-order valence-electron chi connectivity index (χ3n) is 5.92. The second kappa shape index (κ2) is 9.40. The van der Waals surface area contributed by atoms with E-state index in [9.17, 15) is 0 Å². The van der Waals surface area contributed by atoms with E-state index in [4.69, 9.17) is 10.7 Å². The molecular formula is C22H36N4. The topological polar surface area (TPSA) is 53.6 Å². The number of benzene rings is 1. The van der Waals surface area contributed by atoms with Crippen molar-refractivity contribution in [3.8, 4) is 0 Å². The van der Waals surface area contributed by atoms with Crippen molar-refractivity contribution in [2.24, 2.45) is 34.4 Å². The van der Waals surface area contributed by atoms with Gasteiger partial charge in [-0.1, -0.05) is 38.5 Å². The van der Waals surface area contributed by atoms with Crippen LogP contribution >= 0.6 is 0 Å². The molecule has 0 radical (unpaired) electrons. The normalized spacial score (nSPS) is 30.3. The van der Waals surface area contributed by atoms with Gasteiger partial charge < -0.3 is 16.0 Å². The molecule has 144 valence electrons. The van der Waals surface area contributed by atoms with Crippen molar-refractivity contribution >= 4 is 11.6 Å². The summed E-state index contributed by atoms with van der Waals surface area (Å²) in [4.78, 5) is 7.56. The Morgan fingerprint density at radius 2 is 1.77 bits per heavy atom. The molecule has 4 heteroatoms. The Hall–Kier alpha value is -1.55. The van der Waals surface area contributed by atoms with E-state index in [2.05, 4.69) is 54.4 Å². The summed E-state index contributed by atoms with van der Waals surface area (Å²) in [5.41, 5.74) is 7.04. The molecule has 0 amide bonds. The molecule has 0 spiro atoms. The van der Waals surface area contributed by atoms with Crippen molar-refractivity contribution in [1.82, 2.24) is 4.90 Å². The number of likely N-dealkylation sites (tertiary alicyclic amines) is 1. The molecule has 0 bridgehead atoms. The van der Waals surface area contributed by atoms with Crippen LogP contribution in [0.2, 0.25) is 0 Å². The predicted octanol–water partition coefficient (Wildman–Crippen LogP) is 4.20. The number of rotatable bonds is 4. The SMILES string of the molecule is CC1CC(C)CN(C(=NCC2CCCC(CN)C2)Nc2ccccc2)C1. The number of hydrogen-bond donors (Lipinski definition) is 2. The number of piperidine rings is 1. The number of nitrogens with one attached hydrogen (secondary N) is 1. The zero-order valence-electron chi connectivity index (χ0n) is 16.5. The van der Waals surface area contributed by atoms with Gasteiger partial charge in [0.05, 0.1) is 0 Å². The maximum absolute atomic E-state index is 5.91. The standard InChI is InChI=1S/C22H36N4/c1-17-11-18(2)16-26(15-17)22(25-21-9-4-3-5-10-21)24-14-20-8-6-7-19(12-20)13-23/h3-5,9-10,17-20H,6-8,11-16,23H2,1-2H3,(H,24,25). The number of hydrogen-bond acceptors (Lipinski definition) is 2. The van der Waals surface area contributed by atoms with Gasteiger partial charge in [-0.05, 0) is 68.0 Å². The highest BCUT2D eigenvalue weighted by Crippen LogP contribution is 2.29. The van der Waals surface area contributed by atoms with Crippen LogP contribution in [0.3, 0.4) is 0 Å². The Morgan fingerprint density at radius 3 is 2.46 bits per heavy atom. The summed E-state index contributed by atoms with van der Waals surface area (Å²) in [7, 11) is 0. The number of guanidine groups is 1. The van der Waals surface area contributed by atoms with Gasteiger partial charge in [0.1, 0.15) is 0 Å². The van der Waals surface area contributed by atoms with Crippen LogP contribution in [0, 0.1) is 23.7 Å². The lowest BCUT2D eigenvalue weighted by Crippen LogP contribution is -2.46. The minimum atomic E-state index is 0.685. The van der Waals surface area contributed by atoms with Crippen molar-refractivity contribution in [3.63, 3.8) is 0 Å². The molecule has 4 nitrogen and oxygen atoms in total. The fourth-order valence-corrected chi connectivity index (χ4v) is 4.70. The molecule has 3 N–H and O–H groups in total. The molecule has 2 fully saturated rings. The van der Waals surface area contributed by atoms with Gasteiger partial charge in [0, 0.05) is 25.3 Å². The van der Waals surface area contributed by atoms with Gasteiger partial charge in [-0.25, -0.2) is 0 Å². The molecule has 0 aromatic heterocycles. The Kier molecular flexibility index (Phi) is 6.95. The van der Waals surface area contributed by atoms with Crippen LogP contribution in [0.4, 0.5) is 5.69 Å². The highest BCUT2D eigenvalue weighted by atomic mass is 15.3. The summed E-state index contributed by atoms with van der Waals surface area (Å²) in [6.45, 7) is 8.66. The van der Waals surface area contributed by atoms with Crippen LogP contribution in [-0.2, 0) is 0 Å². The van der Waals surface area contributed by atoms with Crippen LogP contribution in [0.5, 0.6) is 0 Å². The second-order valence-corrected chi connectivity index (χ2v) is 8.64. The van der Waals surface area contributed by atoms with Crippen molar-refractivity contribution < 1.29 is 0 Å². The zero-order valence-corrected chi connectivity index (χ0v) is 16.5. The molecule has 2 aliphatic rings. The van der Waals surface area contributed by atoms with E-state index in [0.717, 1.165) is 49.7 Å². The lowest BCUT2D eigenvalue weighted by molar-refractivity contribution is 0.212. The first-order valence-electron chi connectivity index (χ1n) is 10.5. The van der Waals surface area contributed by atoms with Gasteiger partial charge in [0.2, 0.25) is 0 Å². The molecule has 1 aliphatic heterocycles. The molecular weight excluding hydrogens is 320 g/mol. The number of anilines is 1. The number of nitrogens with two attached hydrogens (primary N) is 1. The molecule has 1 saturated heterocycles. The number of nitrogens with zero attached hydrogens (tertiary/aromatic N) is 2. The maximum atomic E-state index is 5.91.